The van der Waals surface area contributed by atoms with Crippen LogP contribution in [0.5, 0.6) is 0 Å². The third-order valence-corrected chi connectivity index (χ3v) is 3.70. The van der Waals surface area contributed by atoms with Crippen LogP contribution in [0.1, 0.15) is 6.92 Å². The fourth-order valence-corrected chi connectivity index (χ4v) is 2.83. The lowest BCUT2D eigenvalue weighted by molar-refractivity contribution is 0.175. The first-order chi connectivity index (χ1) is 10.2. The summed E-state index contributed by atoms with van der Waals surface area (Å²) in [6.07, 6.45) is -0.441. The molecule has 2 aromatic rings. The smallest absolute Gasteiger partial charge is 0.160 e. The van der Waals surface area contributed by atoms with E-state index in [1.54, 1.807) is 6.92 Å². The lowest BCUT2D eigenvalue weighted by Gasteiger charge is -2.16. The van der Waals surface area contributed by atoms with Gasteiger partial charge in [-0.25, -0.2) is 9.97 Å². The molecule has 1 atom stereocenters. The maximum atomic E-state index is 9.83. The Morgan fingerprint density at radius 3 is 2.52 bits per heavy atom. The zero-order valence-corrected chi connectivity index (χ0v) is 11.7. The van der Waals surface area contributed by atoms with Gasteiger partial charge in [0.1, 0.15) is 5.69 Å². The second kappa shape index (κ2) is 4.53. The van der Waals surface area contributed by atoms with Crippen molar-refractivity contribution in [2.45, 2.75) is 19.6 Å². The van der Waals surface area contributed by atoms with Crippen LogP contribution in [0.4, 0.5) is 0 Å². The predicted molar refractivity (Wildman–Crippen MR) is 83.3 cm³/mol. The summed E-state index contributed by atoms with van der Waals surface area (Å²) >= 11 is 0. The number of rotatable bonds is 2. The molecule has 0 amide bonds. The second-order valence-corrected chi connectivity index (χ2v) is 5.36. The Bertz CT molecular complexity index is 910. The van der Waals surface area contributed by atoms with E-state index in [1.807, 2.05) is 48.5 Å². The molecule has 0 saturated heterocycles. The number of hydrogen-bond acceptors (Lipinski definition) is 3. The summed E-state index contributed by atoms with van der Waals surface area (Å²) in [6, 6.07) is 16.0. The SMILES string of the molecule is C[C@@H](O)Cn1c2nc3ccccc3c-2nc2ccccc21. The molecule has 0 radical (unpaired) electrons. The number of aromatic nitrogens is 3. The van der Waals surface area contributed by atoms with Crippen molar-refractivity contribution in [2.75, 3.05) is 0 Å². The molecule has 2 aliphatic heterocycles. The van der Waals surface area contributed by atoms with E-state index in [2.05, 4.69) is 4.57 Å². The Labute approximate surface area is 122 Å². The highest BCUT2D eigenvalue weighted by Gasteiger charge is 2.19. The van der Waals surface area contributed by atoms with Crippen LogP contribution in [0.3, 0.4) is 0 Å². The molecule has 1 N–H and O–H groups in total. The summed E-state index contributed by atoms with van der Waals surface area (Å²) in [5.74, 6) is 0.829. The fraction of sp³-hybridized carbons (Fsp3) is 0.176. The minimum atomic E-state index is -0.441. The molecular formula is C17H15N3O. The number of aliphatic hydroxyl groups excluding tert-OH is 1. The average molecular weight is 277 g/mol. The Morgan fingerprint density at radius 1 is 1.00 bits per heavy atom. The molecule has 4 rings (SSSR count). The van der Waals surface area contributed by atoms with E-state index < -0.39 is 6.10 Å². The first kappa shape index (κ1) is 12.3. The lowest BCUT2D eigenvalue weighted by atomic mass is 10.2. The molecule has 21 heavy (non-hydrogen) atoms. The number of nitrogens with zero attached hydrogens (tertiary/aromatic N) is 3. The molecular weight excluding hydrogens is 262 g/mol. The number of fused-ring (bicyclic) bond motifs is 4. The Kier molecular flexibility index (Phi) is 2.65. The molecule has 2 aliphatic rings. The molecule has 4 nitrogen and oxygen atoms in total. The van der Waals surface area contributed by atoms with Crippen LogP contribution in [-0.2, 0) is 6.54 Å². The molecule has 0 unspecified atom stereocenters. The summed E-state index contributed by atoms with van der Waals surface area (Å²) in [7, 11) is 0. The van der Waals surface area contributed by atoms with E-state index >= 15 is 0 Å². The standard InChI is InChI=1S/C17H15N3O/c1-11(21)10-20-15-9-5-4-8-14(15)18-16-12-6-2-3-7-13(12)19-17(16)20/h2-9,11,21H,10H2,1H3/t11-/m1/s1. The number of aliphatic hydroxyl groups is 1. The van der Waals surface area contributed by atoms with E-state index in [0.717, 1.165) is 33.5 Å². The third-order valence-electron chi connectivity index (χ3n) is 3.70. The number of benzene rings is 2. The highest BCUT2D eigenvalue weighted by molar-refractivity contribution is 5.97. The monoisotopic (exact) mass is 277 g/mol. The first-order valence-electron chi connectivity index (χ1n) is 7.06. The highest BCUT2D eigenvalue weighted by Crippen LogP contribution is 2.32. The van der Waals surface area contributed by atoms with Crippen LogP contribution < -0.4 is 0 Å². The first-order valence-corrected chi connectivity index (χ1v) is 7.06. The fourth-order valence-electron chi connectivity index (χ4n) is 2.83. The van der Waals surface area contributed by atoms with Crippen molar-refractivity contribution in [3.63, 3.8) is 0 Å². The average Bonchev–Trinajstić information content (AvgIpc) is 2.85. The largest absolute Gasteiger partial charge is 0.392 e. The van der Waals surface area contributed by atoms with E-state index in [4.69, 9.17) is 9.97 Å². The van der Waals surface area contributed by atoms with Gasteiger partial charge in [0, 0.05) is 5.39 Å². The summed E-state index contributed by atoms with van der Waals surface area (Å²) in [4.78, 5) is 9.48. The van der Waals surface area contributed by atoms with E-state index in [9.17, 15) is 5.11 Å². The van der Waals surface area contributed by atoms with E-state index in [-0.39, 0.29) is 0 Å². The zero-order chi connectivity index (χ0) is 14.4. The summed E-state index contributed by atoms with van der Waals surface area (Å²) < 4.78 is 2.06. The van der Waals surface area contributed by atoms with Gasteiger partial charge in [-0.3, -0.25) is 0 Å². The van der Waals surface area contributed by atoms with Crippen molar-refractivity contribution in [1.29, 1.82) is 0 Å². The number of hydrogen-bond donors (Lipinski definition) is 1. The maximum Gasteiger partial charge on any atom is 0.160 e. The molecule has 0 aromatic heterocycles. The van der Waals surface area contributed by atoms with Gasteiger partial charge in [0.05, 0.1) is 29.2 Å². The molecule has 0 aliphatic carbocycles. The molecule has 2 heterocycles. The van der Waals surface area contributed by atoms with Crippen LogP contribution in [0.15, 0.2) is 48.5 Å². The van der Waals surface area contributed by atoms with Gasteiger partial charge in [0.2, 0.25) is 0 Å². The van der Waals surface area contributed by atoms with Crippen LogP contribution in [0, 0.1) is 0 Å². The second-order valence-electron chi connectivity index (χ2n) is 5.36. The van der Waals surface area contributed by atoms with Gasteiger partial charge >= 0.3 is 0 Å². The van der Waals surface area contributed by atoms with E-state index in [1.165, 1.54) is 0 Å². The quantitative estimate of drug-likeness (QED) is 0.612. The van der Waals surface area contributed by atoms with Gasteiger partial charge in [-0.1, -0.05) is 30.3 Å². The molecule has 104 valence electrons. The van der Waals surface area contributed by atoms with Crippen molar-refractivity contribution >= 4 is 21.9 Å². The van der Waals surface area contributed by atoms with Crippen molar-refractivity contribution < 1.29 is 5.11 Å². The summed E-state index contributed by atoms with van der Waals surface area (Å²) in [6.45, 7) is 2.29. The van der Waals surface area contributed by atoms with Crippen molar-refractivity contribution in [2.24, 2.45) is 0 Å². The maximum absolute atomic E-state index is 9.83. The van der Waals surface area contributed by atoms with Gasteiger partial charge in [-0.05, 0) is 25.1 Å². The van der Waals surface area contributed by atoms with Crippen molar-refractivity contribution in [1.82, 2.24) is 14.5 Å². The molecule has 0 fully saturated rings. The van der Waals surface area contributed by atoms with Gasteiger partial charge in [0.25, 0.3) is 0 Å². The van der Waals surface area contributed by atoms with E-state index in [0.29, 0.717) is 6.54 Å². The van der Waals surface area contributed by atoms with Crippen molar-refractivity contribution in [3.05, 3.63) is 48.5 Å². The van der Waals surface area contributed by atoms with Crippen LogP contribution in [-0.4, -0.2) is 25.7 Å². The van der Waals surface area contributed by atoms with Gasteiger partial charge in [-0.15, -0.1) is 0 Å². The molecule has 4 heteroatoms. The third kappa shape index (κ3) is 1.87. The van der Waals surface area contributed by atoms with Gasteiger partial charge in [-0.2, -0.15) is 0 Å². The van der Waals surface area contributed by atoms with Gasteiger partial charge < -0.3 is 9.67 Å². The zero-order valence-electron chi connectivity index (χ0n) is 11.7. The normalized spacial score (nSPS) is 13.2. The summed E-state index contributed by atoms with van der Waals surface area (Å²) in [5.41, 5.74) is 3.75. The van der Waals surface area contributed by atoms with Crippen LogP contribution >= 0.6 is 0 Å². The molecule has 0 bridgehead atoms. The highest BCUT2D eigenvalue weighted by atomic mass is 16.3. The Hall–Kier alpha value is -2.46. The van der Waals surface area contributed by atoms with Gasteiger partial charge in [0.15, 0.2) is 5.82 Å². The minimum Gasteiger partial charge on any atom is -0.392 e. The molecule has 0 spiro atoms. The van der Waals surface area contributed by atoms with Crippen LogP contribution in [0.25, 0.3) is 33.5 Å². The Morgan fingerprint density at radius 2 is 1.71 bits per heavy atom. The summed E-state index contributed by atoms with van der Waals surface area (Å²) in [5, 5.41) is 10.9. The topological polar surface area (TPSA) is 50.9 Å². The van der Waals surface area contributed by atoms with Crippen LogP contribution in [0.2, 0.25) is 0 Å². The Balaban J connectivity index is 2.16. The number of para-hydroxylation sites is 3. The molecule has 2 aromatic carbocycles. The lowest BCUT2D eigenvalue weighted by Crippen LogP contribution is -2.16. The minimum absolute atomic E-state index is 0.441. The predicted octanol–water partition coefficient (Wildman–Crippen LogP) is 3.07. The molecule has 0 saturated carbocycles. The van der Waals surface area contributed by atoms with Crippen molar-refractivity contribution in [3.8, 4) is 11.5 Å².